The van der Waals surface area contributed by atoms with Gasteiger partial charge in [-0.3, -0.25) is 4.90 Å². The number of piperazine rings is 1. The molecule has 1 aliphatic heterocycles. The lowest BCUT2D eigenvalue weighted by atomic mass is 10.0. The summed E-state index contributed by atoms with van der Waals surface area (Å²) in [6, 6.07) is 8.65. The van der Waals surface area contributed by atoms with Crippen molar-refractivity contribution in [3.05, 3.63) is 46.1 Å². The van der Waals surface area contributed by atoms with E-state index in [4.69, 9.17) is 0 Å². The quantitative estimate of drug-likeness (QED) is 0.764. The van der Waals surface area contributed by atoms with Crippen LogP contribution in [0.3, 0.4) is 0 Å². The third-order valence-electron chi connectivity index (χ3n) is 5.10. The molecule has 1 saturated heterocycles. The van der Waals surface area contributed by atoms with Gasteiger partial charge in [0.2, 0.25) is 10.8 Å². The first-order valence-corrected chi connectivity index (χ1v) is 9.95. The van der Waals surface area contributed by atoms with E-state index in [1.54, 1.807) is 15.9 Å². The molecule has 26 heavy (non-hydrogen) atoms. The fourth-order valence-corrected chi connectivity index (χ4v) is 4.61. The zero-order chi connectivity index (χ0) is 18.3. The lowest BCUT2D eigenvalue weighted by Crippen LogP contribution is -2.46. The summed E-state index contributed by atoms with van der Waals surface area (Å²) in [6.45, 7) is 8.14. The van der Waals surface area contributed by atoms with Crippen LogP contribution < -0.4 is 0 Å². The lowest BCUT2D eigenvalue weighted by Gasteiger charge is -2.37. The molecule has 1 N–H and O–H groups in total. The van der Waals surface area contributed by atoms with Crippen LogP contribution in [0.5, 0.6) is 5.88 Å². The largest absolute Gasteiger partial charge is 0.492 e. The van der Waals surface area contributed by atoms with Gasteiger partial charge in [0.1, 0.15) is 0 Å². The maximum Gasteiger partial charge on any atom is 0.230 e. The van der Waals surface area contributed by atoms with E-state index < -0.39 is 0 Å². The van der Waals surface area contributed by atoms with E-state index >= 15 is 0 Å². The number of nitrogens with zero attached hydrogens (tertiary/aromatic N) is 5. The molecule has 1 fully saturated rings. The number of benzene rings is 1. The summed E-state index contributed by atoms with van der Waals surface area (Å²) in [4.78, 5) is 11.0. The molecule has 138 valence electrons. The Morgan fingerprint density at radius 1 is 1.15 bits per heavy atom. The van der Waals surface area contributed by atoms with E-state index in [-0.39, 0.29) is 11.9 Å². The highest BCUT2D eigenvalue weighted by molar-refractivity contribution is 7.17. The Bertz CT molecular complexity index is 893. The normalized spacial score (nSPS) is 17.8. The molecule has 0 amide bonds. The molecule has 4 rings (SSSR count). The maximum absolute atomic E-state index is 10.9. The first-order chi connectivity index (χ1) is 12.6. The molecule has 3 heterocycles. The molecule has 1 atom stereocenters. The summed E-state index contributed by atoms with van der Waals surface area (Å²) in [5, 5.41) is 15.3. The number of aromatic hydroxyl groups is 1. The minimum atomic E-state index is 0.0304. The van der Waals surface area contributed by atoms with Crippen molar-refractivity contribution in [3.63, 3.8) is 0 Å². The molecule has 6 nitrogen and oxygen atoms in total. The van der Waals surface area contributed by atoms with Gasteiger partial charge in [-0.2, -0.15) is 4.52 Å². The second-order valence-electron chi connectivity index (χ2n) is 7.02. The Morgan fingerprint density at radius 3 is 2.46 bits per heavy atom. The Hall–Kier alpha value is -1.96. The van der Waals surface area contributed by atoms with Gasteiger partial charge in [0.15, 0.2) is 5.82 Å². The lowest BCUT2D eigenvalue weighted by molar-refractivity contribution is 0.127. The number of fused-ring (bicyclic) bond motifs is 1. The molecule has 0 unspecified atom stereocenters. The molecule has 7 heteroatoms. The van der Waals surface area contributed by atoms with Crippen LogP contribution >= 0.6 is 11.3 Å². The molecular formula is C19H25N5OS. The summed E-state index contributed by atoms with van der Waals surface area (Å²) < 4.78 is 1.59. The number of thiazole rings is 1. The number of rotatable bonds is 4. The number of hydrogen-bond donors (Lipinski definition) is 1. The number of aromatic nitrogens is 3. The fraction of sp³-hybridized carbons (Fsp3) is 0.474. The summed E-state index contributed by atoms with van der Waals surface area (Å²) in [5.74, 6) is 0.992. The van der Waals surface area contributed by atoms with Crippen LogP contribution in [0, 0.1) is 6.92 Å². The summed E-state index contributed by atoms with van der Waals surface area (Å²) in [6.07, 6.45) is 0.767. The van der Waals surface area contributed by atoms with Crippen molar-refractivity contribution < 1.29 is 5.11 Å². The zero-order valence-corrected chi connectivity index (χ0v) is 16.3. The molecule has 0 bridgehead atoms. The van der Waals surface area contributed by atoms with E-state index in [9.17, 15) is 5.11 Å². The molecule has 3 aromatic rings. The van der Waals surface area contributed by atoms with Gasteiger partial charge in [-0.15, -0.1) is 5.10 Å². The highest BCUT2D eigenvalue weighted by atomic mass is 32.1. The van der Waals surface area contributed by atoms with Gasteiger partial charge < -0.3 is 10.0 Å². The predicted molar refractivity (Wildman–Crippen MR) is 104 cm³/mol. The van der Waals surface area contributed by atoms with Crippen LogP contribution in [0.4, 0.5) is 0 Å². The van der Waals surface area contributed by atoms with Gasteiger partial charge in [-0.1, -0.05) is 48.1 Å². The summed E-state index contributed by atoms with van der Waals surface area (Å²) in [5.41, 5.74) is 2.45. The van der Waals surface area contributed by atoms with Crippen LogP contribution in [0.1, 0.15) is 34.8 Å². The molecule has 2 aromatic heterocycles. The Labute approximate surface area is 157 Å². The van der Waals surface area contributed by atoms with Crippen LogP contribution in [0.15, 0.2) is 24.3 Å². The van der Waals surface area contributed by atoms with Gasteiger partial charge in [-0.25, -0.2) is 4.98 Å². The van der Waals surface area contributed by atoms with Gasteiger partial charge in [-0.05, 0) is 19.5 Å². The van der Waals surface area contributed by atoms with Crippen molar-refractivity contribution in [1.29, 1.82) is 0 Å². The zero-order valence-electron chi connectivity index (χ0n) is 15.5. The Kier molecular flexibility index (Phi) is 4.69. The Balaban J connectivity index is 1.78. The molecular weight excluding hydrogens is 346 g/mol. The standard InChI is InChI=1S/C19H25N5OS/c1-4-15-20-19-24(21-15)18(25)17(26-19)16(14-7-5-13(2)6-8-14)23-11-9-22(3)10-12-23/h5-8,16,25H,4,9-12H2,1-3H3/t16-/m1/s1. The van der Waals surface area contributed by atoms with Gasteiger partial charge in [0.25, 0.3) is 0 Å². The molecule has 0 saturated carbocycles. The smallest absolute Gasteiger partial charge is 0.230 e. The number of hydrogen-bond acceptors (Lipinski definition) is 6. The van der Waals surface area contributed by atoms with E-state index in [0.29, 0.717) is 0 Å². The van der Waals surface area contributed by atoms with Crippen molar-refractivity contribution in [1.82, 2.24) is 24.4 Å². The first-order valence-electron chi connectivity index (χ1n) is 9.13. The third kappa shape index (κ3) is 3.11. The topological polar surface area (TPSA) is 56.9 Å². The Morgan fingerprint density at radius 2 is 1.85 bits per heavy atom. The SMILES string of the molecule is CCc1nc2sc([C@@H](c3ccc(C)cc3)N3CCN(C)CC3)c(O)n2n1. The van der Waals surface area contributed by atoms with E-state index in [1.165, 1.54) is 11.1 Å². The van der Waals surface area contributed by atoms with Gasteiger partial charge >= 0.3 is 0 Å². The van der Waals surface area contributed by atoms with E-state index in [1.807, 2.05) is 6.92 Å². The van der Waals surface area contributed by atoms with E-state index in [2.05, 4.69) is 58.1 Å². The minimum absolute atomic E-state index is 0.0304. The number of aryl methyl sites for hydroxylation is 2. The second kappa shape index (κ2) is 6.98. The third-order valence-corrected chi connectivity index (χ3v) is 6.18. The first kappa shape index (κ1) is 17.5. The van der Waals surface area contributed by atoms with Crippen LogP contribution in [0.25, 0.3) is 4.96 Å². The van der Waals surface area contributed by atoms with E-state index in [0.717, 1.165) is 48.3 Å². The van der Waals surface area contributed by atoms with Gasteiger partial charge in [0, 0.05) is 32.6 Å². The maximum atomic E-state index is 10.9. The molecule has 0 aliphatic carbocycles. The van der Waals surface area contributed by atoms with Crippen molar-refractivity contribution in [2.45, 2.75) is 26.3 Å². The highest BCUT2D eigenvalue weighted by Gasteiger charge is 2.31. The van der Waals surface area contributed by atoms with Crippen LogP contribution in [-0.4, -0.2) is 62.7 Å². The molecule has 0 spiro atoms. The monoisotopic (exact) mass is 371 g/mol. The fourth-order valence-electron chi connectivity index (χ4n) is 3.48. The average Bonchev–Trinajstić information content (AvgIpc) is 3.18. The minimum Gasteiger partial charge on any atom is -0.492 e. The van der Waals surface area contributed by atoms with Crippen LogP contribution in [0.2, 0.25) is 0 Å². The predicted octanol–water partition coefficient (Wildman–Crippen LogP) is 2.70. The van der Waals surface area contributed by atoms with Crippen molar-refractivity contribution >= 4 is 16.3 Å². The summed E-state index contributed by atoms with van der Waals surface area (Å²) in [7, 11) is 2.16. The average molecular weight is 372 g/mol. The molecule has 0 radical (unpaired) electrons. The number of likely N-dealkylation sites (N-methyl/N-ethyl adjacent to an activating group) is 1. The van der Waals surface area contributed by atoms with Crippen molar-refractivity contribution in [3.8, 4) is 5.88 Å². The van der Waals surface area contributed by atoms with Gasteiger partial charge in [0.05, 0.1) is 10.9 Å². The second-order valence-corrected chi connectivity index (χ2v) is 8.03. The highest BCUT2D eigenvalue weighted by Crippen LogP contribution is 2.40. The van der Waals surface area contributed by atoms with Crippen molar-refractivity contribution in [2.24, 2.45) is 0 Å². The summed E-state index contributed by atoms with van der Waals surface area (Å²) >= 11 is 1.55. The molecule has 1 aliphatic rings. The van der Waals surface area contributed by atoms with Crippen LogP contribution in [-0.2, 0) is 6.42 Å². The van der Waals surface area contributed by atoms with Crippen molar-refractivity contribution in [2.75, 3.05) is 33.2 Å². The molecule has 1 aromatic carbocycles.